The number of anilines is 3. The third kappa shape index (κ3) is 7.65. The van der Waals surface area contributed by atoms with E-state index in [9.17, 15) is 0 Å². The molecule has 0 saturated carbocycles. The predicted octanol–water partition coefficient (Wildman–Crippen LogP) is 21.1. The van der Waals surface area contributed by atoms with Gasteiger partial charge in [-0.2, -0.15) is 0 Å². The molecule has 1 aromatic heterocycles. The summed E-state index contributed by atoms with van der Waals surface area (Å²) in [7, 11) is 0. The maximum absolute atomic E-state index is 2.46. The van der Waals surface area contributed by atoms with Gasteiger partial charge in [0, 0.05) is 33.2 Å². The molecule has 0 aliphatic heterocycles. The molecular formula is C76H50N2. The summed E-state index contributed by atoms with van der Waals surface area (Å²) >= 11 is 0. The van der Waals surface area contributed by atoms with Gasteiger partial charge in [-0.3, -0.25) is 0 Å². The fraction of sp³-hybridized carbons (Fsp3) is 0. The van der Waals surface area contributed by atoms with Gasteiger partial charge >= 0.3 is 0 Å². The Morgan fingerprint density at radius 1 is 0.205 bits per heavy atom. The first kappa shape index (κ1) is 45.1. The lowest BCUT2D eigenvalue weighted by atomic mass is 9.81. The Morgan fingerprint density at radius 2 is 0.628 bits per heavy atom. The smallest absolute Gasteiger partial charge is 0.0541 e. The van der Waals surface area contributed by atoms with E-state index in [1.165, 1.54) is 116 Å². The molecule has 2 nitrogen and oxygen atoms in total. The van der Waals surface area contributed by atoms with Crippen LogP contribution in [0.5, 0.6) is 0 Å². The number of hydrogen-bond donors (Lipinski definition) is 0. The average molecular weight is 991 g/mol. The Morgan fingerprint density at radius 3 is 1.28 bits per heavy atom. The highest BCUT2D eigenvalue weighted by Gasteiger charge is 2.25. The van der Waals surface area contributed by atoms with Gasteiger partial charge in [0.15, 0.2) is 0 Å². The van der Waals surface area contributed by atoms with Crippen molar-refractivity contribution in [2.45, 2.75) is 0 Å². The third-order valence-corrected chi connectivity index (χ3v) is 16.0. The second kappa shape index (κ2) is 18.8. The highest BCUT2D eigenvalue weighted by Crippen LogP contribution is 2.51. The van der Waals surface area contributed by atoms with Gasteiger partial charge in [0.1, 0.15) is 0 Å². The lowest BCUT2D eigenvalue weighted by Crippen LogP contribution is -2.11. The zero-order valence-electron chi connectivity index (χ0n) is 42.8. The van der Waals surface area contributed by atoms with Crippen molar-refractivity contribution in [3.05, 3.63) is 303 Å². The maximum atomic E-state index is 2.46. The molecule has 0 spiro atoms. The molecule has 1 aliphatic carbocycles. The van der Waals surface area contributed by atoms with Crippen LogP contribution in [0.15, 0.2) is 303 Å². The number of fused-ring (bicyclic) bond motifs is 12. The van der Waals surface area contributed by atoms with E-state index in [-0.39, 0.29) is 0 Å². The fourth-order valence-electron chi connectivity index (χ4n) is 12.3. The minimum absolute atomic E-state index is 1.08. The Balaban J connectivity index is 0.840. The lowest BCUT2D eigenvalue weighted by molar-refractivity contribution is 1.18. The van der Waals surface area contributed by atoms with E-state index < -0.39 is 0 Å². The number of aromatic nitrogens is 1. The van der Waals surface area contributed by atoms with E-state index in [0.717, 1.165) is 28.3 Å². The molecule has 14 aromatic rings. The van der Waals surface area contributed by atoms with E-state index in [2.05, 4.69) is 313 Å². The van der Waals surface area contributed by atoms with Crippen molar-refractivity contribution in [3.8, 4) is 94.7 Å². The summed E-state index contributed by atoms with van der Waals surface area (Å²) in [5, 5.41) is 4.87. The molecule has 0 amide bonds. The van der Waals surface area contributed by atoms with Crippen molar-refractivity contribution >= 4 is 49.6 Å². The normalized spacial score (nSPS) is 11.6. The molecular weight excluding hydrogens is 941 g/mol. The molecule has 364 valence electrons. The topological polar surface area (TPSA) is 8.17 Å². The second-order valence-electron chi connectivity index (χ2n) is 20.4. The fourth-order valence-corrected chi connectivity index (χ4v) is 12.3. The predicted molar refractivity (Wildman–Crippen MR) is 330 cm³/mol. The molecule has 78 heavy (non-hydrogen) atoms. The van der Waals surface area contributed by atoms with Crippen molar-refractivity contribution in [1.82, 2.24) is 4.57 Å². The van der Waals surface area contributed by atoms with Crippen LogP contribution >= 0.6 is 0 Å². The van der Waals surface area contributed by atoms with Gasteiger partial charge in [0.2, 0.25) is 0 Å². The summed E-state index contributed by atoms with van der Waals surface area (Å²) in [5.41, 5.74) is 26.2. The number of nitrogens with zero attached hydrogens (tertiary/aromatic N) is 2. The molecule has 0 N–H and O–H groups in total. The van der Waals surface area contributed by atoms with Crippen LogP contribution in [0, 0.1) is 0 Å². The summed E-state index contributed by atoms with van der Waals surface area (Å²) in [5.74, 6) is 0. The Kier molecular flexibility index (Phi) is 10.9. The van der Waals surface area contributed by atoms with Crippen LogP contribution in [0.3, 0.4) is 0 Å². The van der Waals surface area contributed by atoms with Gasteiger partial charge in [-0.25, -0.2) is 0 Å². The van der Waals surface area contributed by atoms with Crippen LogP contribution in [0.2, 0.25) is 0 Å². The molecule has 13 aromatic carbocycles. The first-order valence-corrected chi connectivity index (χ1v) is 26.9. The van der Waals surface area contributed by atoms with Gasteiger partial charge in [-0.1, -0.05) is 237 Å². The molecule has 0 unspecified atom stereocenters. The highest BCUT2D eigenvalue weighted by atomic mass is 15.1. The summed E-state index contributed by atoms with van der Waals surface area (Å²) < 4.78 is 2.40. The molecule has 1 aliphatic rings. The zero-order chi connectivity index (χ0) is 51.5. The standard InChI is InChI=1S/C76H50N2/c1-3-18-51(19-4-1)52-34-41-59(42-35-52)78-74-33-16-15-32-71(74)73-49-57(38-46-76(73)78)56-23-17-22-55(48-56)53-36-39-58(40-37-53)77(75-47-45-61(54-20-5-2-6-21-54)62-24-13-14-31-70(62)75)60-43-44-69-67-29-10-9-27-65(67)63-25-7-8-26-64(63)66-28-11-12-30-68(66)72(69)50-60/h1-50H. The zero-order valence-corrected chi connectivity index (χ0v) is 42.8. The van der Waals surface area contributed by atoms with E-state index >= 15 is 0 Å². The van der Waals surface area contributed by atoms with Gasteiger partial charge in [0.25, 0.3) is 0 Å². The van der Waals surface area contributed by atoms with E-state index in [1.807, 2.05) is 0 Å². The van der Waals surface area contributed by atoms with E-state index in [1.54, 1.807) is 0 Å². The lowest BCUT2D eigenvalue weighted by Gasteiger charge is -2.30. The van der Waals surface area contributed by atoms with E-state index in [0.29, 0.717) is 0 Å². The Bertz CT molecular complexity index is 4580. The van der Waals surface area contributed by atoms with Crippen molar-refractivity contribution in [2.75, 3.05) is 4.90 Å². The summed E-state index contributed by atoms with van der Waals surface area (Å²) in [6.07, 6.45) is 0. The molecule has 15 rings (SSSR count). The molecule has 0 radical (unpaired) electrons. The van der Waals surface area contributed by atoms with E-state index in [4.69, 9.17) is 0 Å². The van der Waals surface area contributed by atoms with Crippen LogP contribution < -0.4 is 4.90 Å². The van der Waals surface area contributed by atoms with Crippen LogP contribution in [0.1, 0.15) is 0 Å². The minimum Gasteiger partial charge on any atom is -0.310 e. The summed E-state index contributed by atoms with van der Waals surface area (Å²) in [6.45, 7) is 0. The van der Waals surface area contributed by atoms with Gasteiger partial charge in [-0.05, 0) is 161 Å². The van der Waals surface area contributed by atoms with Crippen LogP contribution in [-0.2, 0) is 0 Å². The number of hydrogen-bond acceptors (Lipinski definition) is 1. The van der Waals surface area contributed by atoms with Crippen LogP contribution in [0.25, 0.3) is 127 Å². The molecule has 1 heterocycles. The molecule has 0 fully saturated rings. The molecule has 0 saturated heterocycles. The Hall–Kier alpha value is -10.3. The van der Waals surface area contributed by atoms with Crippen LogP contribution in [-0.4, -0.2) is 4.57 Å². The first-order chi connectivity index (χ1) is 38.7. The minimum atomic E-state index is 1.08. The monoisotopic (exact) mass is 990 g/mol. The summed E-state index contributed by atoms with van der Waals surface area (Å²) in [6, 6.07) is 111. The molecule has 0 bridgehead atoms. The van der Waals surface area contributed by atoms with Gasteiger partial charge in [0.05, 0.1) is 16.7 Å². The quantitative estimate of drug-likeness (QED) is 0.147. The third-order valence-electron chi connectivity index (χ3n) is 16.0. The second-order valence-corrected chi connectivity index (χ2v) is 20.4. The first-order valence-electron chi connectivity index (χ1n) is 26.9. The van der Waals surface area contributed by atoms with Crippen molar-refractivity contribution in [2.24, 2.45) is 0 Å². The van der Waals surface area contributed by atoms with Crippen molar-refractivity contribution in [3.63, 3.8) is 0 Å². The number of para-hydroxylation sites is 1. The average Bonchev–Trinajstić information content (AvgIpc) is 4.06. The highest BCUT2D eigenvalue weighted by molar-refractivity contribution is 6.11. The van der Waals surface area contributed by atoms with Crippen LogP contribution in [0.4, 0.5) is 17.1 Å². The largest absolute Gasteiger partial charge is 0.310 e. The summed E-state index contributed by atoms with van der Waals surface area (Å²) in [4.78, 5) is 2.46. The number of rotatable bonds is 8. The maximum Gasteiger partial charge on any atom is 0.0541 e. The molecule has 2 heteroatoms. The van der Waals surface area contributed by atoms with Gasteiger partial charge in [-0.15, -0.1) is 0 Å². The Labute approximate surface area is 454 Å². The van der Waals surface area contributed by atoms with Crippen molar-refractivity contribution in [1.29, 1.82) is 0 Å². The molecule has 0 atom stereocenters. The van der Waals surface area contributed by atoms with Crippen molar-refractivity contribution < 1.29 is 0 Å². The number of benzene rings is 13. The SMILES string of the molecule is c1ccc(-c2ccc(-n3c4ccccc4c4cc(-c5cccc(-c6ccc(N(c7ccc8c(c7)-c7ccccc7-c7ccccc7-c7ccccc7-8)c7ccc(-c8ccccc8)c8ccccc78)cc6)c5)ccc43)cc2)cc1. The van der Waals surface area contributed by atoms with Gasteiger partial charge < -0.3 is 9.47 Å².